The van der Waals surface area contributed by atoms with E-state index in [1.807, 2.05) is 0 Å². The lowest BCUT2D eigenvalue weighted by atomic mass is 10.1. The van der Waals surface area contributed by atoms with E-state index >= 15 is 0 Å². The molecule has 3 nitrogen and oxygen atoms in total. The van der Waals surface area contributed by atoms with E-state index < -0.39 is 11.7 Å². The maximum Gasteiger partial charge on any atom is 0.416 e. The van der Waals surface area contributed by atoms with Crippen molar-refractivity contribution in [3.63, 3.8) is 0 Å². The number of hydrogen-bond acceptors (Lipinski definition) is 3. The van der Waals surface area contributed by atoms with Crippen LogP contribution < -0.4 is 16.8 Å². The van der Waals surface area contributed by atoms with Gasteiger partial charge in [-0.3, -0.25) is 0 Å². The first-order chi connectivity index (χ1) is 9.36. The van der Waals surface area contributed by atoms with Crippen LogP contribution in [-0.4, -0.2) is 0 Å². The fourth-order valence-electron chi connectivity index (χ4n) is 1.70. The van der Waals surface area contributed by atoms with Crippen molar-refractivity contribution in [1.29, 1.82) is 0 Å². The molecule has 0 radical (unpaired) electrons. The first kappa shape index (κ1) is 14.0. The maximum atomic E-state index is 12.4. The van der Waals surface area contributed by atoms with Gasteiger partial charge in [0.25, 0.3) is 0 Å². The van der Waals surface area contributed by atoms with Crippen molar-refractivity contribution in [2.45, 2.75) is 12.7 Å². The minimum Gasteiger partial charge on any atom is -0.397 e. The van der Waals surface area contributed by atoms with Crippen molar-refractivity contribution in [2.24, 2.45) is 0 Å². The summed E-state index contributed by atoms with van der Waals surface area (Å²) in [6, 6.07) is 10.1. The second-order valence-corrected chi connectivity index (χ2v) is 4.39. The Bertz CT molecular complexity index is 592. The number of alkyl halides is 3. The molecule has 0 aliphatic rings. The van der Waals surface area contributed by atoms with Gasteiger partial charge in [-0.05, 0) is 35.9 Å². The van der Waals surface area contributed by atoms with Gasteiger partial charge in [0.05, 0.1) is 16.9 Å². The van der Waals surface area contributed by atoms with Gasteiger partial charge in [-0.2, -0.15) is 13.2 Å². The molecule has 6 heteroatoms. The van der Waals surface area contributed by atoms with Crippen molar-refractivity contribution in [3.8, 4) is 0 Å². The van der Waals surface area contributed by atoms with Gasteiger partial charge >= 0.3 is 6.18 Å². The largest absolute Gasteiger partial charge is 0.416 e. The molecule has 0 unspecified atom stereocenters. The number of anilines is 3. The number of benzene rings is 2. The van der Waals surface area contributed by atoms with Crippen LogP contribution in [0.25, 0.3) is 0 Å². The van der Waals surface area contributed by atoms with E-state index in [0.29, 0.717) is 17.9 Å². The number of hydrogen-bond donors (Lipinski definition) is 3. The minimum absolute atomic E-state index is 0.404. The first-order valence-corrected chi connectivity index (χ1v) is 5.91. The average Bonchev–Trinajstić information content (AvgIpc) is 2.40. The highest BCUT2D eigenvalue weighted by molar-refractivity contribution is 5.69. The van der Waals surface area contributed by atoms with Crippen LogP contribution in [0.3, 0.4) is 0 Å². The second-order valence-electron chi connectivity index (χ2n) is 4.39. The highest BCUT2D eigenvalue weighted by Crippen LogP contribution is 2.29. The van der Waals surface area contributed by atoms with E-state index in [1.54, 1.807) is 18.2 Å². The third-order valence-corrected chi connectivity index (χ3v) is 2.86. The Balaban J connectivity index is 2.02. The molecule has 0 spiro atoms. The highest BCUT2D eigenvalue weighted by atomic mass is 19.4. The molecule has 2 rings (SSSR count). The fourth-order valence-corrected chi connectivity index (χ4v) is 1.70. The lowest BCUT2D eigenvalue weighted by Gasteiger charge is -2.10. The van der Waals surface area contributed by atoms with E-state index in [4.69, 9.17) is 11.5 Å². The van der Waals surface area contributed by atoms with Crippen molar-refractivity contribution in [1.82, 2.24) is 0 Å². The van der Waals surface area contributed by atoms with Gasteiger partial charge in [-0.1, -0.05) is 12.1 Å². The molecule has 0 saturated carbocycles. The van der Waals surface area contributed by atoms with Gasteiger partial charge in [0.1, 0.15) is 0 Å². The molecule has 20 heavy (non-hydrogen) atoms. The summed E-state index contributed by atoms with van der Waals surface area (Å²) in [6.07, 6.45) is -4.31. The van der Waals surface area contributed by atoms with Gasteiger partial charge in [-0.15, -0.1) is 0 Å². The minimum atomic E-state index is -4.31. The molecular weight excluding hydrogens is 267 g/mol. The van der Waals surface area contributed by atoms with Gasteiger partial charge in [0, 0.05) is 12.2 Å². The van der Waals surface area contributed by atoms with Crippen LogP contribution in [0.1, 0.15) is 11.1 Å². The predicted molar refractivity (Wildman–Crippen MR) is 74.0 cm³/mol. The third kappa shape index (κ3) is 3.34. The van der Waals surface area contributed by atoms with Gasteiger partial charge in [0.15, 0.2) is 0 Å². The van der Waals surface area contributed by atoms with Crippen LogP contribution in [-0.2, 0) is 12.7 Å². The molecule has 0 aromatic heterocycles. The quantitative estimate of drug-likeness (QED) is 0.755. The van der Waals surface area contributed by atoms with Crippen molar-refractivity contribution in [3.05, 3.63) is 53.6 Å². The van der Waals surface area contributed by atoms with E-state index in [9.17, 15) is 13.2 Å². The summed E-state index contributed by atoms with van der Waals surface area (Å²) in [5.41, 5.74) is 13.1. The van der Waals surface area contributed by atoms with Gasteiger partial charge < -0.3 is 16.8 Å². The molecule has 0 aliphatic carbocycles. The van der Waals surface area contributed by atoms with E-state index in [0.717, 1.165) is 23.4 Å². The zero-order chi connectivity index (χ0) is 14.8. The van der Waals surface area contributed by atoms with E-state index in [1.165, 1.54) is 12.1 Å². The van der Waals surface area contributed by atoms with E-state index in [-0.39, 0.29) is 0 Å². The maximum absolute atomic E-state index is 12.4. The Labute approximate surface area is 114 Å². The molecule has 106 valence electrons. The highest BCUT2D eigenvalue weighted by Gasteiger charge is 2.29. The predicted octanol–water partition coefficient (Wildman–Crippen LogP) is 3.48. The third-order valence-electron chi connectivity index (χ3n) is 2.86. The SMILES string of the molecule is Nc1ccc(NCc2ccc(C(F)(F)F)cc2)cc1N. The summed E-state index contributed by atoms with van der Waals surface area (Å²) in [5, 5.41) is 3.07. The van der Waals surface area contributed by atoms with Crippen molar-refractivity contribution in [2.75, 3.05) is 16.8 Å². The summed E-state index contributed by atoms with van der Waals surface area (Å²) in [7, 11) is 0. The van der Waals surface area contributed by atoms with Crippen LogP contribution in [0.4, 0.5) is 30.2 Å². The number of halogens is 3. The topological polar surface area (TPSA) is 64.1 Å². The number of rotatable bonds is 3. The summed E-state index contributed by atoms with van der Waals surface area (Å²) in [6.45, 7) is 0.404. The standard InChI is InChI=1S/C14H14F3N3/c15-14(16,17)10-3-1-9(2-4-10)8-20-11-5-6-12(18)13(19)7-11/h1-7,20H,8,18-19H2. The Hall–Kier alpha value is -2.37. The summed E-state index contributed by atoms with van der Waals surface area (Å²) >= 11 is 0. The van der Waals surface area contributed by atoms with Crippen molar-refractivity contribution < 1.29 is 13.2 Å². The smallest absolute Gasteiger partial charge is 0.397 e. The van der Waals surface area contributed by atoms with Gasteiger partial charge in [-0.25, -0.2) is 0 Å². The lowest BCUT2D eigenvalue weighted by molar-refractivity contribution is -0.137. The van der Waals surface area contributed by atoms with Crippen LogP contribution >= 0.6 is 0 Å². The Morgan fingerprint density at radius 2 is 1.55 bits per heavy atom. The van der Waals surface area contributed by atoms with E-state index in [2.05, 4.69) is 5.32 Å². The lowest BCUT2D eigenvalue weighted by Crippen LogP contribution is -2.06. The number of nitrogen functional groups attached to an aromatic ring is 2. The zero-order valence-corrected chi connectivity index (χ0v) is 10.5. The summed E-state index contributed by atoms with van der Waals surface area (Å²) in [4.78, 5) is 0. The normalized spacial score (nSPS) is 11.3. The molecule has 2 aromatic rings. The molecule has 0 bridgehead atoms. The number of nitrogens with one attached hydrogen (secondary N) is 1. The van der Waals surface area contributed by atoms with Gasteiger partial charge in [0.2, 0.25) is 0 Å². The van der Waals surface area contributed by atoms with Crippen molar-refractivity contribution >= 4 is 17.1 Å². The zero-order valence-electron chi connectivity index (χ0n) is 10.5. The van der Waals surface area contributed by atoms with Crippen LogP contribution in [0, 0.1) is 0 Å². The molecule has 0 saturated heterocycles. The second kappa shape index (κ2) is 5.32. The molecule has 0 amide bonds. The first-order valence-electron chi connectivity index (χ1n) is 5.91. The molecule has 0 heterocycles. The van der Waals surface area contributed by atoms with Crippen LogP contribution in [0.2, 0.25) is 0 Å². The Morgan fingerprint density at radius 1 is 0.900 bits per heavy atom. The summed E-state index contributed by atoms with van der Waals surface area (Å²) < 4.78 is 37.2. The molecule has 0 aliphatic heterocycles. The average molecular weight is 281 g/mol. The Morgan fingerprint density at radius 3 is 2.10 bits per heavy atom. The molecule has 2 aromatic carbocycles. The van der Waals surface area contributed by atoms with Crippen LogP contribution in [0.5, 0.6) is 0 Å². The summed E-state index contributed by atoms with van der Waals surface area (Å²) in [5.74, 6) is 0. The molecule has 5 N–H and O–H groups in total. The molecule has 0 atom stereocenters. The fraction of sp³-hybridized carbons (Fsp3) is 0.143. The van der Waals surface area contributed by atoms with Crippen LogP contribution in [0.15, 0.2) is 42.5 Å². The molecule has 0 fully saturated rings. The number of nitrogens with two attached hydrogens (primary N) is 2. The monoisotopic (exact) mass is 281 g/mol. The molecular formula is C14H14F3N3. The Kier molecular flexibility index (Phi) is 3.74.